The lowest BCUT2D eigenvalue weighted by atomic mass is 9.99. The number of para-hydroxylation sites is 1. The molecule has 0 bridgehead atoms. The van der Waals surface area contributed by atoms with Gasteiger partial charge in [-0.1, -0.05) is 74.5 Å². The third kappa shape index (κ3) is 6.22. The maximum absolute atomic E-state index is 13.0. The molecule has 180 valence electrons. The van der Waals surface area contributed by atoms with Crippen LogP contribution in [0.4, 0.5) is 0 Å². The third-order valence-electron chi connectivity index (χ3n) is 6.07. The molecule has 0 radical (unpaired) electrons. The van der Waals surface area contributed by atoms with Gasteiger partial charge in [0.1, 0.15) is 0 Å². The Morgan fingerprint density at radius 2 is 1.94 bits per heavy atom. The Labute approximate surface area is 205 Å². The van der Waals surface area contributed by atoms with Gasteiger partial charge < -0.3 is 14.7 Å². The van der Waals surface area contributed by atoms with Gasteiger partial charge in [0.2, 0.25) is 0 Å². The molecule has 0 aliphatic carbocycles. The van der Waals surface area contributed by atoms with Crippen molar-refractivity contribution in [1.82, 2.24) is 9.88 Å². The number of ether oxygens (including phenoxy) is 1. The van der Waals surface area contributed by atoms with E-state index < -0.39 is 12.1 Å². The monoisotopic (exact) mass is 470 g/mol. The highest BCUT2D eigenvalue weighted by atomic mass is 16.5. The number of rotatable bonds is 10. The minimum atomic E-state index is -0.938. The lowest BCUT2D eigenvalue weighted by molar-refractivity contribution is -0.152. The number of carbonyl (C=O) groups is 2. The highest BCUT2D eigenvalue weighted by Gasteiger charge is 2.24. The molecule has 0 amide bonds. The van der Waals surface area contributed by atoms with Gasteiger partial charge in [-0.05, 0) is 35.4 Å². The number of carboxylic acids is 1. The molecule has 1 unspecified atom stereocenters. The van der Waals surface area contributed by atoms with Crippen molar-refractivity contribution in [2.75, 3.05) is 13.2 Å². The Hall–Kier alpha value is -3.77. The SMILES string of the molecule is CC(C)[C@@H](OC/C=C/c1ccc(CN2C=CC(C(=O)c3cnc4ccccc4c3)C2)cc1)C(=O)O. The van der Waals surface area contributed by atoms with Crippen LogP contribution in [0.1, 0.15) is 35.3 Å². The van der Waals surface area contributed by atoms with E-state index in [9.17, 15) is 14.7 Å². The quantitative estimate of drug-likeness (QED) is 0.410. The highest BCUT2D eigenvalue weighted by molar-refractivity contribution is 6.01. The number of carbonyl (C=O) groups excluding carboxylic acids is 1. The van der Waals surface area contributed by atoms with Gasteiger partial charge in [-0.2, -0.15) is 0 Å². The first kappa shape index (κ1) is 24.4. The molecule has 1 aromatic heterocycles. The molecule has 6 heteroatoms. The standard InChI is InChI=1S/C29H30N2O4/c1-20(2)28(29(33)34)35-15-5-6-21-9-11-22(12-10-21)18-31-14-13-24(19-31)27(32)25-16-23-7-3-4-8-26(23)30-17-25/h3-14,16-17,20,24,28H,15,18-19H2,1-2H3,(H,33,34)/b6-5+/t24?,28-/m1/s1. The minimum absolute atomic E-state index is 0.0843. The van der Waals surface area contributed by atoms with Crippen LogP contribution in [0, 0.1) is 11.8 Å². The average molecular weight is 471 g/mol. The first-order valence-electron chi connectivity index (χ1n) is 11.8. The topological polar surface area (TPSA) is 79.7 Å². The van der Waals surface area contributed by atoms with E-state index in [1.54, 1.807) is 6.20 Å². The van der Waals surface area contributed by atoms with Crippen molar-refractivity contribution in [2.45, 2.75) is 26.5 Å². The van der Waals surface area contributed by atoms with Crippen LogP contribution in [0.25, 0.3) is 17.0 Å². The van der Waals surface area contributed by atoms with E-state index in [0.29, 0.717) is 12.1 Å². The molecule has 2 heterocycles. The summed E-state index contributed by atoms with van der Waals surface area (Å²) in [4.78, 5) is 30.8. The van der Waals surface area contributed by atoms with Crippen LogP contribution < -0.4 is 0 Å². The van der Waals surface area contributed by atoms with Crippen molar-refractivity contribution < 1.29 is 19.4 Å². The summed E-state index contributed by atoms with van der Waals surface area (Å²) in [7, 11) is 0. The molecule has 35 heavy (non-hydrogen) atoms. The predicted molar refractivity (Wildman–Crippen MR) is 137 cm³/mol. The van der Waals surface area contributed by atoms with Crippen molar-refractivity contribution in [3.8, 4) is 0 Å². The molecule has 1 aliphatic heterocycles. The molecule has 0 saturated heterocycles. The van der Waals surface area contributed by atoms with E-state index in [-0.39, 0.29) is 24.2 Å². The number of hydrogen-bond acceptors (Lipinski definition) is 5. The van der Waals surface area contributed by atoms with Crippen LogP contribution in [0.15, 0.2) is 79.1 Å². The molecule has 0 spiro atoms. The maximum Gasteiger partial charge on any atom is 0.333 e. The van der Waals surface area contributed by atoms with E-state index >= 15 is 0 Å². The van der Waals surface area contributed by atoms with Gasteiger partial charge in [0.15, 0.2) is 11.9 Å². The smallest absolute Gasteiger partial charge is 0.333 e. The Morgan fingerprint density at radius 1 is 1.17 bits per heavy atom. The normalized spacial score (nSPS) is 16.4. The fourth-order valence-corrected chi connectivity index (χ4v) is 4.17. The number of fused-ring (bicyclic) bond motifs is 1. The van der Waals surface area contributed by atoms with Gasteiger partial charge in [-0.25, -0.2) is 4.79 Å². The number of nitrogens with zero attached hydrogens (tertiary/aromatic N) is 2. The van der Waals surface area contributed by atoms with Crippen LogP contribution in [0.5, 0.6) is 0 Å². The Bertz CT molecular complexity index is 1250. The molecule has 1 aliphatic rings. The summed E-state index contributed by atoms with van der Waals surface area (Å²) < 4.78 is 5.45. The summed E-state index contributed by atoms with van der Waals surface area (Å²) in [5.41, 5.74) is 3.69. The number of hydrogen-bond donors (Lipinski definition) is 1. The fourth-order valence-electron chi connectivity index (χ4n) is 4.17. The molecular formula is C29H30N2O4. The van der Waals surface area contributed by atoms with Crippen molar-refractivity contribution in [3.63, 3.8) is 0 Å². The summed E-state index contributed by atoms with van der Waals surface area (Å²) in [6, 6.07) is 17.9. The predicted octanol–water partition coefficient (Wildman–Crippen LogP) is 5.20. The van der Waals surface area contributed by atoms with Gasteiger partial charge in [-0.3, -0.25) is 9.78 Å². The molecule has 2 atom stereocenters. The Balaban J connectivity index is 1.28. The zero-order valence-corrected chi connectivity index (χ0v) is 20.0. The molecule has 0 fully saturated rings. The van der Waals surface area contributed by atoms with Gasteiger partial charge in [0.25, 0.3) is 0 Å². The fraction of sp³-hybridized carbons (Fsp3) is 0.276. The second-order valence-electron chi connectivity index (χ2n) is 9.14. The first-order chi connectivity index (χ1) is 16.9. The van der Waals surface area contributed by atoms with Gasteiger partial charge in [-0.15, -0.1) is 0 Å². The molecular weight excluding hydrogens is 440 g/mol. The number of benzene rings is 2. The van der Waals surface area contributed by atoms with Crippen LogP contribution in [0.2, 0.25) is 0 Å². The molecule has 2 aromatic carbocycles. The average Bonchev–Trinajstić information content (AvgIpc) is 3.32. The molecule has 4 rings (SSSR count). The van der Waals surface area contributed by atoms with Crippen molar-refractivity contribution >= 4 is 28.7 Å². The summed E-state index contributed by atoms with van der Waals surface area (Å²) in [5.74, 6) is -1.11. The van der Waals surface area contributed by atoms with Crippen LogP contribution >= 0.6 is 0 Å². The van der Waals surface area contributed by atoms with Crippen LogP contribution in [0.3, 0.4) is 0 Å². The van der Waals surface area contributed by atoms with Gasteiger partial charge in [0, 0.05) is 30.2 Å². The summed E-state index contributed by atoms with van der Waals surface area (Å²) in [5, 5.41) is 10.1. The van der Waals surface area contributed by atoms with E-state index in [4.69, 9.17) is 4.74 Å². The number of aromatic nitrogens is 1. The van der Waals surface area contributed by atoms with Crippen LogP contribution in [-0.2, 0) is 16.1 Å². The number of pyridine rings is 1. The van der Waals surface area contributed by atoms with Crippen molar-refractivity contribution in [1.29, 1.82) is 0 Å². The molecule has 6 nitrogen and oxygen atoms in total. The number of ketones is 1. The second kappa shape index (κ2) is 11.1. The lowest BCUT2D eigenvalue weighted by Crippen LogP contribution is -2.29. The lowest BCUT2D eigenvalue weighted by Gasteiger charge is -2.18. The van der Waals surface area contributed by atoms with E-state index in [1.165, 1.54) is 0 Å². The molecule has 0 saturated carbocycles. The van der Waals surface area contributed by atoms with Crippen molar-refractivity contribution in [2.24, 2.45) is 11.8 Å². The Morgan fingerprint density at radius 3 is 2.69 bits per heavy atom. The Kier molecular flexibility index (Phi) is 7.73. The first-order valence-corrected chi connectivity index (χ1v) is 11.8. The number of aliphatic carboxylic acids is 1. The third-order valence-corrected chi connectivity index (χ3v) is 6.07. The zero-order valence-electron chi connectivity index (χ0n) is 20.0. The summed E-state index contributed by atoms with van der Waals surface area (Å²) in [6.45, 7) is 5.27. The van der Waals surface area contributed by atoms with Crippen molar-refractivity contribution in [3.05, 3.63) is 95.8 Å². The minimum Gasteiger partial charge on any atom is -0.479 e. The molecule has 3 aromatic rings. The van der Waals surface area contributed by atoms with E-state index in [1.807, 2.05) is 80.7 Å². The van der Waals surface area contributed by atoms with Gasteiger partial charge in [0.05, 0.1) is 18.0 Å². The maximum atomic E-state index is 13.0. The van der Waals surface area contributed by atoms with Gasteiger partial charge >= 0.3 is 5.97 Å². The highest BCUT2D eigenvalue weighted by Crippen LogP contribution is 2.22. The number of Topliss-reactive ketones (excluding diaryl/α,β-unsaturated/α-hetero) is 1. The largest absolute Gasteiger partial charge is 0.479 e. The summed E-state index contributed by atoms with van der Waals surface area (Å²) in [6.07, 6.45) is 8.58. The second-order valence-corrected chi connectivity index (χ2v) is 9.14. The summed E-state index contributed by atoms with van der Waals surface area (Å²) >= 11 is 0. The van der Waals surface area contributed by atoms with E-state index in [0.717, 1.165) is 28.6 Å². The van der Waals surface area contributed by atoms with E-state index in [2.05, 4.69) is 22.0 Å². The molecule has 1 N–H and O–H groups in total. The zero-order chi connectivity index (χ0) is 24.8. The van der Waals surface area contributed by atoms with Crippen LogP contribution in [-0.4, -0.2) is 46.0 Å². The number of carboxylic acid groups (broad SMARTS) is 1.